The summed E-state index contributed by atoms with van der Waals surface area (Å²) in [7, 11) is 0. The quantitative estimate of drug-likeness (QED) is 0.673. The second-order valence-electron chi connectivity index (χ2n) is 4.52. The van der Waals surface area contributed by atoms with Crippen LogP contribution in [0, 0.1) is 17.0 Å². The van der Waals surface area contributed by atoms with Crippen LogP contribution in [0.1, 0.15) is 21.5 Å². The van der Waals surface area contributed by atoms with E-state index >= 15 is 0 Å². The Bertz CT molecular complexity index is 679. The van der Waals surface area contributed by atoms with Gasteiger partial charge in [-0.05, 0) is 36.8 Å². The van der Waals surface area contributed by atoms with Gasteiger partial charge in [-0.1, -0.05) is 11.6 Å². The highest BCUT2D eigenvalue weighted by Crippen LogP contribution is 2.22. The van der Waals surface area contributed by atoms with E-state index in [9.17, 15) is 14.9 Å². The van der Waals surface area contributed by atoms with Crippen molar-refractivity contribution in [3.8, 4) is 5.75 Å². The molecule has 2 aromatic carbocycles. The molecular formula is C15H13NO5. The number of nitro benzene ring substituents is 1. The normalized spacial score (nSPS) is 10.1. The lowest BCUT2D eigenvalue weighted by molar-refractivity contribution is -0.384. The van der Waals surface area contributed by atoms with Crippen LogP contribution in [0.3, 0.4) is 0 Å². The van der Waals surface area contributed by atoms with Crippen LogP contribution in [0.25, 0.3) is 0 Å². The van der Waals surface area contributed by atoms with Gasteiger partial charge in [0, 0.05) is 12.1 Å². The van der Waals surface area contributed by atoms with Crippen molar-refractivity contribution in [2.24, 2.45) is 0 Å². The van der Waals surface area contributed by atoms with Crippen LogP contribution in [0.5, 0.6) is 5.75 Å². The van der Waals surface area contributed by atoms with E-state index in [1.54, 1.807) is 31.2 Å². The minimum atomic E-state index is -1.06. The van der Waals surface area contributed by atoms with E-state index in [2.05, 4.69) is 0 Å². The standard InChI is InChI=1S/C15H13NO5/c1-10-2-7-14(13(8-10)15(17)18)21-9-11-3-5-12(6-4-11)16(19)20/h2-8H,9H2,1H3,(H,17,18). The van der Waals surface area contributed by atoms with Crippen molar-refractivity contribution in [2.45, 2.75) is 13.5 Å². The molecule has 0 aliphatic rings. The first kappa shape index (κ1) is 14.5. The molecule has 0 fully saturated rings. The summed E-state index contributed by atoms with van der Waals surface area (Å²) in [5, 5.41) is 19.7. The van der Waals surface area contributed by atoms with E-state index in [4.69, 9.17) is 9.84 Å². The zero-order valence-corrected chi connectivity index (χ0v) is 11.3. The maximum atomic E-state index is 11.1. The lowest BCUT2D eigenvalue weighted by Crippen LogP contribution is -2.04. The van der Waals surface area contributed by atoms with Gasteiger partial charge in [0.1, 0.15) is 17.9 Å². The van der Waals surface area contributed by atoms with Gasteiger partial charge in [0.05, 0.1) is 4.92 Å². The molecule has 0 unspecified atom stereocenters. The fraction of sp³-hybridized carbons (Fsp3) is 0.133. The summed E-state index contributed by atoms with van der Waals surface area (Å²) in [6.45, 7) is 1.94. The molecule has 0 saturated heterocycles. The molecule has 0 heterocycles. The van der Waals surface area contributed by atoms with Gasteiger partial charge in [0.2, 0.25) is 0 Å². The number of nitro groups is 1. The minimum Gasteiger partial charge on any atom is -0.488 e. The Morgan fingerprint density at radius 2 is 1.90 bits per heavy atom. The molecule has 21 heavy (non-hydrogen) atoms. The highest BCUT2D eigenvalue weighted by molar-refractivity contribution is 5.91. The van der Waals surface area contributed by atoms with Crippen molar-refractivity contribution in [3.05, 3.63) is 69.3 Å². The molecule has 0 bridgehead atoms. The number of hydrogen-bond acceptors (Lipinski definition) is 4. The highest BCUT2D eigenvalue weighted by atomic mass is 16.6. The number of nitrogens with zero attached hydrogens (tertiary/aromatic N) is 1. The first-order chi connectivity index (χ1) is 9.97. The second-order valence-corrected chi connectivity index (χ2v) is 4.52. The minimum absolute atomic E-state index is 0.000288. The summed E-state index contributed by atoms with van der Waals surface area (Å²) in [5.74, 6) is -0.788. The predicted octanol–water partition coefficient (Wildman–Crippen LogP) is 3.18. The van der Waals surface area contributed by atoms with E-state index < -0.39 is 10.9 Å². The van der Waals surface area contributed by atoms with Crippen molar-refractivity contribution in [1.29, 1.82) is 0 Å². The average molecular weight is 287 g/mol. The number of carbonyl (C=O) groups is 1. The number of benzene rings is 2. The Hall–Kier alpha value is -2.89. The van der Waals surface area contributed by atoms with Crippen molar-refractivity contribution in [3.63, 3.8) is 0 Å². The number of carboxylic acids is 1. The lowest BCUT2D eigenvalue weighted by atomic mass is 10.1. The van der Waals surface area contributed by atoms with Crippen molar-refractivity contribution in [2.75, 3.05) is 0 Å². The SMILES string of the molecule is Cc1ccc(OCc2ccc([N+](=O)[O-])cc2)c(C(=O)O)c1. The third kappa shape index (κ3) is 3.56. The Morgan fingerprint density at radius 1 is 1.24 bits per heavy atom. The maximum Gasteiger partial charge on any atom is 0.339 e. The molecule has 2 aromatic rings. The summed E-state index contributed by atoms with van der Waals surface area (Å²) in [5.41, 5.74) is 1.64. The Kier molecular flexibility index (Phi) is 4.18. The summed E-state index contributed by atoms with van der Waals surface area (Å²) in [6, 6.07) is 10.8. The molecule has 0 aliphatic heterocycles. The molecule has 0 amide bonds. The molecule has 108 valence electrons. The molecule has 1 N–H and O–H groups in total. The third-order valence-electron chi connectivity index (χ3n) is 2.91. The number of aromatic carboxylic acids is 1. The van der Waals surface area contributed by atoms with Crippen LogP contribution < -0.4 is 4.74 Å². The molecule has 0 atom stereocenters. The topological polar surface area (TPSA) is 89.7 Å². The van der Waals surface area contributed by atoms with Crippen LogP contribution in [-0.4, -0.2) is 16.0 Å². The predicted molar refractivity (Wildman–Crippen MR) is 75.6 cm³/mol. The van der Waals surface area contributed by atoms with Crippen molar-refractivity contribution < 1.29 is 19.6 Å². The second kappa shape index (κ2) is 6.04. The number of carboxylic acid groups (broad SMARTS) is 1. The smallest absolute Gasteiger partial charge is 0.339 e. The molecule has 6 heteroatoms. The van der Waals surface area contributed by atoms with Gasteiger partial charge in [-0.25, -0.2) is 4.79 Å². The summed E-state index contributed by atoms with van der Waals surface area (Å²) in [6.07, 6.45) is 0. The van der Waals surface area contributed by atoms with Gasteiger partial charge in [0.15, 0.2) is 0 Å². The van der Waals surface area contributed by atoms with Gasteiger partial charge >= 0.3 is 5.97 Å². The zero-order valence-electron chi connectivity index (χ0n) is 11.3. The summed E-state index contributed by atoms with van der Waals surface area (Å²) in [4.78, 5) is 21.2. The zero-order chi connectivity index (χ0) is 15.4. The van der Waals surface area contributed by atoms with E-state index in [0.29, 0.717) is 0 Å². The molecular weight excluding hydrogens is 274 g/mol. The van der Waals surface area contributed by atoms with Crippen molar-refractivity contribution in [1.82, 2.24) is 0 Å². The van der Waals surface area contributed by atoms with Crippen molar-refractivity contribution >= 4 is 11.7 Å². The van der Waals surface area contributed by atoms with Crippen LogP contribution in [0.15, 0.2) is 42.5 Å². The summed E-state index contributed by atoms with van der Waals surface area (Å²) < 4.78 is 5.49. The van der Waals surface area contributed by atoms with Gasteiger partial charge < -0.3 is 9.84 Å². The molecule has 0 saturated carbocycles. The first-order valence-corrected chi connectivity index (χ1v) is 6.17. The van der Waals surface area contributed by atoms with E-state index in [1.807, 2.05) is 0 Å². The van der Waals surface area contributed by atoms with Crippen LogP contribution in [-0.2, 0) is 6.61 Å². The van der Waals surface area contributed by atoms with E-state index in [-0.39, 0.29) is 23.6 Å². The number of rotatable bonds is 5. The largest absolute Gasteiger partial charge is 0.488 e. The average Bonchev–Trinajstić information content (AvgIpc) is 2.46. The van der Waals surface area contributed by atoms with Gasteiger partial charge in [-0.2, -0.15) is 0 Å². The van der Waals surface area contributed by atoms with E-state index in [1.165, 1.54) is 18.2 Å². The third-order valence-corrected chi connectivity index (χ3v) is 2.91. The maximum absolute atomic E-state index is 11.1. The Morgan fingerprint density at radius 3 is 2.48 bits per heavy atom. The molecule has 0 aromatic heterocycles. The highest BCUT2D eigenvalue weighted by Gasteiger charge is 2.12. The van der Waals surface area contributed by atoms with Gasteiger partial charge in [-0.3, -0.25) is 10.1 Å². The monoisotopic (exact) mass is 287 g/mol. The van der Waals surface area contributed by atoms with Crippen LogP contribution >= 0.6 is 0 Å². The Labute approximate surface area is 120 Å². The Balaban J connectivity index is 2.13. The fourth-order valence-electron chi connectivity index (χ4n) is 1.81. The number of aryl methyl sites for hydroxylation is 1. The molecule has 6 nitrogen and oxygen atoms in total. The molecule has 0 radical (unpaired) electrons. The fourth-order valence-corrected chi connectivity index (χ4v) is 1.81. The van der Waals surface area contributed by atoms with E-state index in [0.717, 1.165) is 11.1 Å². The number of hydrogen-bond donors (Lipinski definition) is 1. The molecule has 0 aliphatic carbocycles. The number of non-ortho nitro benzene ring substituents is 1. The number of ether oxygens (including phenoxy) is 1. The lowest BCUT2D eigenvalue weighted by Gasteiger charge is -2.09. The first-order valence-electron chi connectivity index (χ1n) is 6.17. The summed E-state index contributed by atoms with van der Waals surface area (Å²) >= 11 is 0. The van der Waals surface area contributed by atoms with Crippen LogP contribution in [0.2, 0.25) is 0 Å². The van der Waals surface area contributed by atoms with Gasteiger partial charge in [0.25, 0.3) is 5.69 Å². The molecule has 0 spiro atoms. The van der Waals surface area contributed by atoms with Crippen LogP contribution in [0.4, 0.5) is 5.69 Å². The molecule has 2 rings (SSSR count). The van der Waals surface area contributed by atoms with Gasteiger partial charge in [-0.15, -0.1) is 0 Å².